The average Bonchev–Trinajstić information content (AvgIpc) is 2.16. The lowest BCUT2D eigenvalue weighted by Gasteiger charge is -2.20. The molecule has 0 spiro atoms. The Balaban J connectivity index is 2.60. The van der Waals surface area contributed by atoms with Gasteiger partial charge in [0.15, 0.2) is 0 Å². The van der Waals surface area contributed by atoms with Gasteiger partial charge in [0.1, 0.15) is 5.15 Å². The number of hydrogen-bond donors (Lipinski definition) is 1. The van der Waals surface area contributed by atoms with Crippen LogP contribution >= 0.6 is 11.6 Å². The second-order valence-electron chi connectivity index (χ2n) is 3.69. The second kappa shape index (κ2) is 5.20. The molecule has 2 nitrogen and oxygen atoms in total. The van der Waals surface area contributed by atoms with E-state index in [1.807, 2.05) is 12.1 Å². The molecular formula is C11H17ClN2. The van der Waals surface area contributed by atoms with Gasteiger partial charge in [-0.15, -0.1) is 0 Å². The molecule has 0 aliphatic carbocycles. The van der Waals surface area contributed by atoms with E-state index in [9.17, 15) is 0 Å². The highest BCUT2D eigenvalue weighted by molar-refractivity contribution is 6.29. The van der Waals surface area contributed by atoms with Crippen molar-refractivity contribution in [2.45, 2.75) is 33.2 Å². The molecule has 0 saturated heterocycles. The largest absolute Gasteiger partial charge is 0.382 e. The number of aromatic nitrogens is 1. The molecule has 0 aliphatic rings. The summed E-state index contributed by atoms with van der Waals surface area (Å²) in [5.74, 6) is 0.655. The molecule has 1 heterocycles. The minimum absolute atomic E-state index is 0.457. The van der Waals surface area contributed by atoms with Gasteiger partial charge in [-0.2, -0.15) is 0 Å². The van der Waals surface area contributed by atoms with Crippen molar-refractivity contribution >= 4 is 17.3 Å². The number of rotatable bonds is 4. The molecule has 1 aromatic rings. The molecule has 0 aliphatic heterocycles. The zero-order valence-electron chi connectivity index (χ0n) is 8.92. The molecule has 0 bridgehead atoms. The molecule has 0 aromatic carbocycles. The molecule has 14 heavy (non-hydrogen) atoms. The molecule has 3 heteroatoms. The third-order valence-electron chi connectivity index (χ3n) is 2.62. The zero-order chi connectivity index (χ0) is 10.6. The summed E-state index contributed by atoms with van der Waals surface area (Å²) < 4.78 is 0. The van der Waals surface area contributed by atoms with Crippen LogP contribution in [-0.4, -0.2) is 11.0 Å². The van der Waals surface area contributed by atoms with E-state index >= 15 is 0 Å². The minimum atomic E-state index is 0.457. The smallest absolute Gasteiger partial charge is 0.131 e. The molecule has 78 valence electrons. The van der Waals surface area contributed by atoms with Crippen LogP contribution in [0.15, 0.2) is 18.3 Å². The highest BCUT2D eigenvalue weighted by Gasteiger charge is 2.09. The van der Waals surface area contributed by atoms with Crippen LogP contribution in [0.4, 0.5) is 5.69 Å². The Labute approximate surface area is 90.7 Å². The quantitative estimate of drug-likeness (QED) is 0.772. The van der Waals surface area contributed by atoms with Gasteiger partial charge in [-0.1, -0.05) is 31.9 Å². The van der Waals surface area contributed by atoms with Crippen molar-refractivity contribution in [2.75, 3.05) is 5.32 Å². The van der Waals surface area contributed by atoms with E-state index < -0.39 is 0 Å². The predicted octanol–water partition coefficient (Wildman–Crippen LogP) is 3.58. The van der Waals surface area contributed by atoms with E-state index in [4.69, 9.17) is 11.6 Å². The van der Waals surface area contributed by atoms with Crippen LogP contribution < -0.4 is 5.32 Å². The molecule has 0 fully saturated rings. The lowest BCUT2D eigenvalue weighted by molar-refractivity contribution is 0.494. The highest BCUT2D eigenvalue weighted by atomic mass is 35.5. The fourth-order valence-electron chi connectivity index (χ4n) is 1.25. The van der Waals surface area contributed by atoms with Gasteiger partial charge >= 0.3 is 0 Å². The second-order valence-corrected chi connectivity index (χ2v) is 4.07. The summed E-state index contributed by atoms with van der Waals surface area (Å²) in [6.07, 6.45) is 2.89. The standard InChI is InChI=1S/C11H17ClN2/c1-4-8(2)9(3)14-10-5-6-13-11(12)7-10/h5-9H,4H2,1-3H3,(H,13,14)/t8-,9+/m0/s1. The fourth-order valence-corrected chi connectivity index (χ4v) is 1.42. The van der Waals surface area contributed by atoms with E-state index in [-0.39, 0.29) is 0 Å². The van der Waals surface area contributed by atoms with Crippen LogP contribution in [-0.2, 0) is 0 Å². The van der Waals surface area contributed by atoms with Crippen LogP contribution in [0.25, 0.3) is 0 Å². The topological polar surface area (TPSA) is 24.9 Å². The molecule has 0 radical (unpaired) electrons. The summed E-state index contributed by atoms with van der Waals surface area (Å²) in [4.78, 5) is 3.94. The molecule has 0 saturated carbocycles. The van der Waals surface area contributed by atoms with Crippen molar-refractivity contribution in [3.8, 4) is 0 Å². The van der Waals surface area contributed by atoms with E-state index in [1.54, 1.807) is 6.20 Å². The van der Waals surface area contributed by atoms with Crippen molar-refractivity contribution in [3.63, 3.8) is 0 Å². The average molecular weight is 213 g/mol. The van der Waals surface area contributed by atoms with Gasteiger partial charge < -0.3 is 5.32 Å². The number of nitrogens with zero attached hydrogens (tertiary/aromatic N) is 1. The molecule has 1 rings (SSSR count). The van der Waals surface area contributed by atoms with Crippen LogP contribution in [0.1, 0.15) is 27.2 Å². The Bertz CT molecular complexity index is 288. The van der Waals surface area contributed by atoms with Crippen molar-refractivity contribution in [1.82, 2.24) is 4.98 Å². The fraction of sp³-hybridized carbons (Fsp3) is 0.545. The highest BCUT2D eigenvalue weighted by Crippen LogP contribution is 2.16. The first-order valence-corrected chi connectivity index (χ1v) is 5.39. The summed E-state index contributed by atoms with van der Waals surface area (Å²) >= 11 is 5.79. The Morgan fingerprint density at radius 1 is 1.50 bits per heavy atom. The maximum absolute atomic E-state index is 5.79. The number of anilines is 1. The lowest BCUT2D eigenvalue weighted by atomic mass is 10.0. The predicted molar refractivity (Wildman–Crippen MR) is 61.8 cm³/mol. The molecule has 0 unspecified atom stereocenters. The van der Waals surface area contributed by atoms with Crippen LogP contribution in [0.5, 0.6) is 0 Å². The monoisotopic (exact) mass is 212 g/mol. The summed E-state index contributed by atoms with van der Waals surface area (Å²) in [6.45, 7) is 6.62. The van der Waals surface area contributed by atoms with Crippen LogP contribution in [0.2, 0.25) is 5.15 Å². The molecule has 0 amide bonds. The summed E-state index contributed by atoms with van der Waals surface area (Å²) in [6, 6.07) is 4.24. The Hall–Kier alpha value is -0.760. The van der Waals surface area contributed by atoms with E-state index in [2.05, 4.69) is 31.1 Å². The normalized spacial score (nSPS) is 14.9. The molecule has 1 aromatic heterocycles. The van der Waals surface area contributed by atoms with Gasteiger partial charge in [-0.3, -0.25) is 0 Å². The maximum atomic E-state index is 5.79. The van der Waals surface area contributed by atoms with Crippen molar-refractivity contribution in [3.05, 3.63) is 23.5 Å². The van der Waals surface area contributed by atoms with Gasteiger partial charge in [-0.25, -0.2) is 4.98 Å². The molecule has 2 atom stereocenters. The van der Waals surface area contributed by atoms with E-state index in [0.717, 1.165) is 5.69 Å². The van der Waals surface area contributed by atoms with Gasteiger partial charge in [0.2, 0.25) is 0 Å². The van der Waals surface area contributed by atoms with Gasteiger partial charge in [0.05, 0.1) is 0 Å². The summed E-state index contributed by atoms with van der Waals surface area (Å²) in [5.41, 5.74) is 1.04. The number of halogens is 1. The van der Waals surface area contributed by atoms with Gasteiger partial charge in [0, 0.05) is 17.9 Å². The first-order chi connectivity index (χ1) is 6.63. The van der Waals surface area contributed by atoms with Gasteiger partial charge in [-0.05, 0) is 25.0 Å². The van der Waals surface area contributed by atoms with E-state index in [0.29, 0.717) is 17.1 Å². The summed E-state index contributed by atoms with van der Waals surface area (Å²) in [7, 11) is 0. The molecular weight excluding hydrogens is 196 g/mol. The minimum Gasteiger partial charge on any atom is -0.382 e. The first kappa shape index (κ1) is 11.3. The number of nitrogens with one attached hydrogen (secondary N) is 1. The van der Waals surface area contributed by atoms with Crippen molar-refractivity contribution < 1.29 is 0 Å². The third kappa shape index (κ3) is 3.18. The van der Waals surface area contributed by atoms with E-state index in [1.165, 1.54) is 6.42 Å². The Kier molecular flexibility index (Phi) is 4.21. The zero-order valence-corrected chi connectivity index (χ0v) is 9.67. The number of pyridine rings is 1. The maximum Gasteiger partial charge on any atom is 0.131 e. The molecule has 1 N–H and O–H groups in total. The Morgan fingerprint density at radius 2 is 2.21 bits per heavy atom. The van der Waals surface area contributed by atoms with Crippen molar-refractivity contribution in [1.29, 1.82) is 0 Å². The van der Waals surface area contributed by atoms with Crippen LogP contribution in [0.3, 0.4) is 0 Å². The number of hydrogen-bond acceptors (Lipinski definition) is 2. The van der Waals surface area contributed by atoms with Gasteiger partial charge in [0.25, 0.3) is 0 Å². The SMILES string of the molecule is CC[C@H](C)[C@@H](C)Nc1ccnc(Cl)c1. The lowest BCUT2D eigenvalue weighted by Crippen LogP contribution is -2.23. The summed E-state index contributed by atoms with van der Waals surface area (Å²) in [5, 5.41) is 3.94. The third-order valence-corrected chi connectivity index (χ3v) is 2.83. The first-order valence-electron chi connectivity index (χ1n) is 5.01. The Morgan fingerprint density at radius 3 is 2.79 bits per heavy atom. The van der Waals surface area contributed by atoms with Crippen molar-refractivity contribution in [2.24, 2.45) is 5.92 Å². The van der Waals surface area contributed by atoms with Crippen LogP contribution in [0, 0.1) is 5.92 Å².